The van der Waals surface area contributed by atoms with E-state index in [0.717, 1.165) is 27.7 Å². The zero-order chi connectivity index (χ0) is 11.9. The first-order valence-corrected chi connectivity index (χ1v) is 6.48. The first-order valence-electron chi connectivity index (χ1n) is 5.60. The van der Waals surface area contributed by atoms with Gasteiger partial charge in [0.1, 0.15) is 5.69 Å². The molecule has 2 aromatic carbocycles. The standard InChI is InChI=1S/C14H8N2OS/c1-2-6-11-9(4-1)13(16-17-11)10-5-3-7-12-14(10)15-8-18-12/h1-8H. The number of thiazole rings is 1. The van der Waals surface area contributed by atoms with Crippen molar-refractivity contribution in [3.05, 3.63) is 48.0 Å². The minimum Gasteiger partial charge on any atom is -0.356 e. The third kappa shape index (κ3) is 1.29. The van der Waals surface area contributed by atoms with Crippen LogP contribution < -0.4 is 0 Å². The summed E-state index contributed by atoms with van der Waals surface area (Å²) in [6.07, 6.45) is 0. The molecule has 0 unspecified atom stereocenters. The van der Waals surface area contributed by atoms with Crippen molar-refractivity contribution in [2.24, 2.45) is 0 Å². The molecule has 86 valence electrons. The Morgan fingerprint density at radius 1 is 1.00 bits per heavy atom. The smallest absolute Gasteiger partial charge is 0.167 e. The monoisotopic (exact) mass is 252 g/mol. The molecule has 2 heterocycles. The van der Waals surface area contributed by atoms with Gasteiger partial charge in [-0.2, -0.15) is 0 Å². The molecule has 4 heteroatoms. The summed E-state index contributed by atoms with van der Waals surface area (Å²) in [7, 11) is 0. The topological polar surface area (TPSA) is 38.9 Å². The Morgan fingerprint density at radius 2 is 1.94 bits per heavy atom. The molecule has 0 aliphatic heterocycles. The van der Waals surface area contributed by atoms with Crippen molar-refractivity contribution in [3.63, 3.8) is 0 Å². The van der Waals surface area contributed by atoms with Crippen molar-refractivity contribution >= 4 is 32.5 Å². The van der Waals surface area contributed by atoms with Gasteiger partial charge in [-0.15, -0.1) is 11.3 Å². The van der Waals surface area contributed by atoms with Gasteiger partial charge >= 0.3 is 0 Å². The second-order valence-electron chi connectivity index (χ2n) is 4.03. The first-order chi connectivity index (χ1) is 8.93. The second-order valence-corrected chi connectivity index (χ2v) is 4.92. The van der Waals surface area contributed by atoms with E-state index in [-0.39, 0.29) is 0 Å². The quantitative estimate of drug-likeness (QED) is 0.512. The Labute approximate surface area is 107 Å². The minimum absolute atomic E-state index is 0.805. The maximum absolute atomic E-state index is 5.35. The predicted octanol–water partition coefficient (Wildman–Crippen LogP) is 4.10. The van der Waals surface area contributed by atoms with Gasteiger partial charge in [0.05, 0.1) is 15.7 Å². The van der Waals surface area contributed by atoms with Crippen molar-refractivity contribution in [3.8, 4) is 11.3 Å². The molecule has 0 N–H and O–H groups in total. The summed E-state index contributed by atoms with van der Waals surface area (Å²) in [6, 6.07) is 14.0. The first kappa shape index (κ1) is 9.79. The molecular weight excluding hydrogens is 244 g/mol. The molecule has 0 atom stereocenters. The van der Waals surface area contributed by atoms with Crippen LogP contribution >= 0.6 is 11.3 Å². The maximum Gasteiger partial charge on any atom is 0.167 e. The third-order valence-corrected chi connectivity index (χ3v) is 3.79. The molecule has 4 aromatic rings. The average Bonchev–Trinajstić information content (AvgIpc) is 3.05. The Morgan fingerprint density at radius 3 is 2.94 bits per heavy atom. The summed E-state index contributed by atoms with van der Waals surface area (Å²) in [5.74, 6) is 0. The number of aromatic nitrogens is 2. The molecule has 0 aliphatic carbocycles. The molecule has 2 aromatic heterocycles. The summed E-state index contributed by atoms with van der Waals surface area (Å²) < 4.78 is 6.52. The highest BCUT2D eigenvalue weighted by molar-refractivity contribution is 7.16. The van der Waals surface area contributed by atoms with E-state index in [4.69, 9.17) is 4.52 Å². The average molecular weight is 252 g/mol. The number of nitrogens with zero attached hydrogens (tertiary/aromatic N) is 2. The van der Waals surface area contributed by atoms with Crippen molar-refractivity contribution in [2.75, 3.05) is 0 Å². The number of hydrogen-bond donors (Lipinski definition) is 0. The van der Waals surface area contributed by atoms with Crippen LogP contribution in [0.15, 0.2) is 52.5 Å². The third-order valence-electron chi connectivity index (χ3n) is 2.99. The van der Waals surface area contributed by atoms with E-state index < -0.39 is 0 Å². The lowest BCUT2D eigenvalue weighted by molar-refractivity contribution is 0.459. The largest absolute Gasteiger partial charge is 0.356 e. The molecule has 18 heavy (non-hydrogen) atoms. The van der Waals surface area contributed by atoms with Crippen molar-refractivity contribution in [1.82, 2.24) is 10.1 Å². The van der Waals surface area contributed by atoms with Gasteiger partial charge < -0.3 is 4.52 Å². The van der Waals surface area contributed by atoms with Crippen LogP contribution in [0.4, 0.5) is 0 Å². The lowest BCUT2D eigenvalue weighted by atomic mass is 10.1. The summed E-state index contributed by atoms with van der Waals surface area (Å²) in [5, 5.41) is 5.21. The number of para-hydroxylation sites is 2. The van der Waals surface area contributed by atoms with Crippen LogP contribution in [0, 0.1) is 0 Å². The van der Waals surface area contributed by atoms with E-state index in [1.54, 1.807) is 11.3 Å². The lowest BCUT2D eigenvalue weighted by Crippen LogP contribution is -1.80. The molecule has 3 nitrogen and oxygen atoms in total. The minimum atomic E-state index is 0.805. The van der Waals surface area contributed by atoms with Gasteiger partial charge in [-0.25, -0.2) is 4.98 Å². The van der Waals surface area contributed by atoms with Crippen LogP contribution in [0.3, 0.4) is 0 Å². The summed E-state index contributed by atoms with van der Waals surface area (Å²) in [4.78, 5) is 4.42. The normalized spacial score (nSPS) is 11.3. The number of benzene rings is 2. The molecule has 0 spiro atoms. The highest BCUT2D eigenvalue weighted by atomic mass is 32.1. The van der Waals surface area contributed by atoms with E-state index in [1.807, 2.05) is 41.9 Å². The second kappa shape index (κ2) is 3.65. The van der Waals surface area contributed by atoms with Gasteiger partial charge in [0.25, 0.3) is 0 Å². The molecular formula is C14H8N2OS. The van der Waals surface area contributed by atoms with Crippen molar-refractivity contribution < 1.29 is 4.52 Å². The van der Waals surface area contributed by atoms with Crippen LogP contribution in [0.1, 0.15) is 0 Å². The van der Waals surface area contributed by atoms with E-state index >= 15 is 0 Å². The fraction of sp³-hybridized carbons (Fsp3) is 0. The van der Waals surface area contributed by atoms with Crippen LogP contribution in [-0.4, -0.2) is 10.1 Å². The predicted molar refractivity (Wildman–Crippen MR) is 72.6 cm³/mol. The van der Waals surface area contributed by atoms with E-state index in [1.165, 1.54) is 4.70 Å². The van der Waals surface area contributed by atoms with Crippen LogP contribution in [0.5, 0.6) is 0 Å². The Bertz CT molecular complexity index is 847. The number of fused-ring (bicyclic) bond motifs is 2. The van der Waals surface area contributed by atoms with Gasteiger partial charge in [0.15, 0.2) is 5.58 Å². The fourth-order valence-electron chi connectivity index (χ4n) is 2.16. The van der Waals surface area contributed by atoms with E-state index in [2.05, 4.69) is 16.2 Å². The van der Waals surface area contributed by atoms with Crippen molar-refractivity contribution in [1.29, 1.82) is 0 Å². The molecule has 4 rings (SSSR count). The van der Waals surface area contributed by atoms with E-state index in [0.29, 0.717) is 0 Å². The highest BCUT2D eigenvalue weighted by Gasteiger charge is 2.13. The van der Waals surface area contributed by atoms with Crippen LogP contribution in [-0.2, 0) is 0 Å². The molecule has 0 saturated heterocycles. The molecule has 0 radical (unpaired) electrons. The molecule has 0 fully saturated rings. The summed E-state index contributed by atoms with van der Waals surface area (Å²) >= 11 is 1.63. The summed E-state index contributed by atoms with van der Waals surface area (Å²) in [5.41, 5.74) is 5.54. The van der Waals surface area contributed by atoms with Gasteiger partial charge in [0.2, 0.25) is 0 Å². The lowest BCUT2D eigenvalue weighted by Gasteiger charge is -1.97. The zero-order valence-electron chi connectivity index (χ0n) is 9.33. The van der Waals surface area contributed by atoms with Crippen LogP contribution in [0.25, 0.3) is 32.4 Å². The Balaban J connectivity index is 2.10. The van der Waals surface area contributed by atoms with Gasteiger partial charge in [0, 0.05) is 10.9 Å². The number of hydrogen-bond acceptors (Lipinski definition) is 4. The zero-order valence-corrected chi connectivity index (χ0v) is 10.1. The van der Waals surface area contributed by atoms with Crippen LogP contribution in [0.2, 0.25) is 0 Å². The van der Waals surface area contributed by atoms with Gasteiger partial charge in [-0.3, -0.25) is 0 Å². The highest BCUT2D eigenvalue weighted by Crippen LogP contribution is 2.33. The number of rotatable bonds is 1. The SMILES string of the molecule is c1ccc2c(-c3cccc4scnc34)noc2c1. The van der Waals surface area contributed by atoms with Crippen molar-refractivity contribution in [2.45, 2.75) is 0 Å². The fourth-order valence-corrected chi connectivity index (χ4v) is 2.86. The Hall–Kier alpha value is -2.20. The van der Waals surface area contributed by atoms with Gasteiger partial charge in [-0.05, 0) is 18.2 Å². The summed E-state index contributed by atoms with van der Waals surface area (Å²) in [6.45, 7) is 0. The maximum atomic E-state index is 5.35. The van der Waals surface area contributed by atoms with E-state index in [9.17, 15) is 0 Å². The molecule has 0 aliphatic rings. The molecule has 0 bridgehead atoms. The van der Waals surface area contributed by atoms with Gasteiger partial charge in [-0.1, -0.05) is 29.4 Å². The molecule has 0 amide bonds. The molecule has 0 saturated carbocycles. The Kier molecular flexibility index (Phi) is 1.98.